The molecule has 0 spiro atoms. The summed E-state index contributed by atoms with van der Waals surface area (Å²) in [4.78, 5) is 0. The van der Waals surface area contributed by atoms with Crippen molar-refractivity contribution in [3.8, 4) is 0 Å². The summed E-state index contributed by atoms with van der Waals surface area (Å²) in [5.41, 5.74) is 1.51. The molecule has 0 aliphatic carbocycles. The Balaban J connectivity index is 2.44. The van der Waals surface area contributed by atoms with E-state index in [0.29, 0.717) is 0 Å². The van der Waals surface area contributed by atoms with Crippen molar-refractivity contribution >= 4 is 31.7 Å². The van der Waals surface area contributed by atoms with Gasteiger partial charge in [0.2, 0.25) is 0 Å². The summed E-state index contributed by atoms with van der Waals surface area (Å²) in [6, 6.07) is 12.3. The molecule has 12 heavy (non-hydrogen) atoms. The summed E-state index contributed by atoms with van der Waals surface area (Å²) in [7, 11) is 0. The van der Waals surface area contributed by atoms with Crippen molar-refractivity contribution in [3.05, 3.63) is 35.9 Å². The Bertz CT molecular complexity index is 225. The molecule has 0 bridgehead atoms. The second kappa shape index (κ2) is 4.61. The molecule has 0 aliphatic heterocycles. The average Bonchev–Trinajstić information content (AvgIpc) is 2.02. The van der Waals surface area contributed by atoms with Crippen LogP contribution in [0.4, 0.5) is 0 Å². The molecular weight excluding hydrogens is 171 g/mol. The Labute approximate surface area is 92.6 Å². The fourth-order valence-electron chi connectivity index (χ4n) is 1.16. The molecule has 1 rings (SSSR count). The second-order valence-electron chi connectivity index (χ2n) is 4.55. The van der Waals surface area contributed by atoms with Crippen LogP contribution in [0.5, 0.6) is 0 Å². The van der Waals surface area contributed by atoms with E-state index in [1.165, 1.54) is 45.1 Å². The third kappa shape index (κ3) is 4.46. The van der Waals surface area contributed by atoms with Crippen molar-refractivity contribution in [2.75, 3.05) is 0 Å². The van der Waals surface area contributed by atoms with Crippen LogP contribution < -0.4 is 0 Å². The van der Waals surface area contributed by atoms with Crippen LogP contribution in [0.25, 0.3) is 0 Å². The molecule has 0 unspecified atom stereocenters. The SMILES string of the molecule is C[Si](C)([Na])CCc1ccccc1. The molecule has 0 radical (unpaired) electrons. The van der Waals surface area contributed by atoms with Gasteiger partial charge in [-0.1, -0.05) is 0 Å². The van der Waals surface area contributed by atoms with Gasteiger partial charge in [0, 0.05) is 0 Å². The molecule has 0 saturated carbocycles. The number of aryl methyl sites for hydroxylation is 1. The number of rotatable bonds is 3. The molecule has 2 heteroatoms. The van der Waals surface area contributed by atoms with Gasteiger partial charge in [-0.3, -0.25) is 0 Å². The van der Waals surface area contributed by atoms with E-state index in [1.807, 2.05) is 0 Å². The summed E-state index contributed by atoms with van der Waals surface area (Å²) in [5, 5.41) is 0. The van der Waals surface area contributed by atoms with Crippen LogP contribution in [0, 0.1) is 0 Å². The normalized spacial score (nSPS) is 11.7. The summed E-state index contributed by atoms with van der Waals surface area (Å²) in [6.07, 6.45) is 1.30. The van der Waals surface area contributed by atoms with Crippen molar-refractivity contribution in [2.45, 2.75) is 25.6 Å². The third-order valence-electron chi connectivity index (χ3n) is 2.01. The predicted molar refractivity (Wildman–Crippen MR) is 58.2 cm³/mol. The van der Waals surface area contributed by atoms with E-state index >= 15 is 0 Å². The van der Waals surface area contributed by atoms with Gasteiger partial charge in [0.05, 0.1) is 0 Å². The Morgan fingerprint density at radius 1 is 1.17 bits per heavy atom. The molecule has 0 heterocycles. The minimum atomic E-state index is -0.701. The van der Waals surface area contributed by atoms with E-state index in [2.05, 4.69) is 43.4 Å². The van der Waals surface area contributed by atoms with E-state index < -0.39 is 4.63 Å². The molecular formula is C10H15NaSi. The first kappa shape index (κ1) is 10.5. The van der Waals surface area contributed by atoms with E-state index in [1.54, 1.807) is 0 Å². The molecule has 0 atom stereocenters. The van der Waals surface area contributed by atoms with Gasteiger partial charge in [-0.05, 0) is 0 Å². The Kier molecular flexibility index (Phi) is 4.04. The van der Waals surface area contributed by atoms with Crippen molar-refractivity contribution in [1.29, 1.82) is 0 Å². The quantitative estimate of drug-likeness (QED) is 0.637. The molecule has 0 saturated heterocycles. The van der Waals surface area contributed by atoms with Crippen LogP contribution in [0.2, 0.25) is 19.1 Å². The predicted octanol–water partition coefficient (Wildman–Crippen LogP) is 2.60. The molecule has 0 fully saturated rings. The van der Waals surface area contributed by atoms with Crippen LogP contribution >= 0.6 is 0 Å². The first-order chi connectivity index (χ1) is 5.58. The zero-order chi connectivity index (χ0) is 9.03. The van der Waals surface area contributed by atoms with Crippen molar-refractivity contribution in [1.82, 2.24) is 0 Å². The van der Waals surface area contributed by atoms with Gasteiger partial charge in [0.1, 0.15) is 0 Å². The maximum atomic E-state index is 2.49. The van der Waals surface area contributed by atoms with Crippen LogP contribution in [0.3, 0.4) is 0 Å². The average molecular weight is 186 g/mol. The minimum absolute atomic E-state index is 0.701. The molecule has 0 nitrogen and oxygen atoms in total. The van der Waals surface area contributed by atoms with Gasteiger partial charge in [-0.15, -0.1) is 0 Å². The summed E-state index contributed by atoms with van der Waals surface area (Å²) in [5.74, 6) is 0. The molecule has 60 valence electrons. The Morgan fingerprint density at radius 2 is 1.75 bits per heavy atom. The molecule has 0 N–H and O–H groups in total. The summed E-state index contributed by atoms with van der Waals surface area (Å²) < 4.78 is -0.701. The topological polar surface area (TPSA) is 0 Å². The number of benzene rings is 1. The molecule has 0 aromatic heterocycles. The Hall–Kier alpha value is 0.437. The van der Waals surface area contributed by atoms with Gasteiger partial charge in [0.25, 0.3) is 0 Å². The van der Waals surface area contributed by atoms with Crippen LogP contribution in [0.1, 0.15) is 5.56 Å². The fraction of sp³-hybridized carbons (Fsp3) is 0.400. The van der Waals surface area contributed by atoms with E-state index in [9.17, 15) is 0 Å². The van der Waals surface area contributed by atoms with E-state index in [0.717, 1.165) is 0 Å². The van der Waals surface area contributed by atoms with Crippen LogP contribution in [0.15, 0.2) is 30.3 Å². The second-order valence-corrected chi connectivity index (χ2v) is 18.3. The summed E-state index contributed by atoms with van der Waals surface area (Å²) >= 11 is 1.43. The van der Waals surface area contributed by atoms with Gasteiger partial charge >= 0.3 is 93.1 Å². The molecule has 1 aromatic rings. The van der Waals surface area contributed by atoms with Gasteiger partial charge in [-0.25, -0.2) is 0 Å². The van der Waals surface area contributed by atoms with Crippen molar-refractivity contribution in [2.24, 2.45) is 0 Å². The third-order valence-corrected chi connectivity index (χ3v) is 5.26. The van der Waals surface area contributed by atoms with Crippen molar-refractivity contribution in [3.63, 3.8) is 0 Å². The van der Waals surface area contributed by atoms with Crippen LogP contribution in [-0.2, 0) is 6.42 Å². The van der Waals surface area contributed by atoms with Gasteiger partial charge < -0.3 is 0 Å². The van der Waals surface area contributed by atoms with Crippen LogP contribution in [-0.4, -0.2) is 31.7 Å². The standard InChI is InChI=1S/C10H15Si.Na/c1-11(2)9-8-10-6-4-3-5-7-10;/h3-7H,8-9H2,1-2H3;. The number of hydrogen-bond donors (Lipinski definition) is 0. The van der Waals surface area contributed by atoms with Gasteiger partial charge in [0.15, 0.2) is 0 Å². The molecule has 0 aliphatic rings. The van der Waals surface area contributed by atoms with Gasteiger partial charge in [-0.2, -0.15) is 0 Å². The first-order valence-electron chi connectivity index (χ1n) is 4.62. The molecule has 1 aromatic carbocycles. The monoisotopic (exact) mass is 186 g/mol. The molecule has 0 amide bonds. The summed E-state index contributed by atoms with van der Waals surface area (Å²) in [6.45, 7) is 4.98. The Morgan fingerprint density at radius 3 is 2.25 bits per heavy atom. The van der Waals surface area contributed by atoms with Crippen molar-refractivity contribution < 1.29 is 0 Å². The fourth-order valence-corrected chi connectivity index (χ4v) is 2.95. The van der Waals surface area contributed by atoms with E-state index in [4.69, 9.17) is 0 Å². The zero-order valence-electron chi connectivity index (χ0n) is 8.30. The first-order valence-corrected chi connectivity index (χ1v) is 11.3. The number of hydrogen-bond acceptors (Lipinski definition) is 0. The zero-order valence-corrected chi connectivity index (χ0v) is 11.3. The maximum absolute atomic E-state index is 2.49. The van der Waals surface area contributed by atoms with E-state index in [-0.39, 0.29) is 0 Å².